The number of aromatic amines is 1. The van der Waals surface area contributed by atoms with Gasteiger partial charge in [0.1, 0.15) is 10.7 Å². The maximum absolute atomic E-state index is 12.8. The third kappa shape index (κ3) is 7.24. The average molecular weight is 718 g/mol. The third-order valence-corrected chi connectivity index (χ3v) is 9.97. The molecule has 0 radical (unpaired) electrons. The van der Waals surface area contributed by atoms with Gasteiger partial charge in [0.25, 0.3) is 21.9 Å². The molecule has 10 nitrogen and oxygen atoms in total. The molecule has 0 fully saturated rings. The van der Waals surface area contributed by atoms with Gasteiger partial charge in [-0.1, -0.05) is 60.7 Å². The molecule has 0 saturated carbocycles. The van der Waals surface area contributed by atoms with Crippen molar-refractivity contribution < 1.29 is 22.6 Å². The molecule has 0 bridgehead atoms. The summed E-state index contributed by atoms with van der Waals surface area (Å²) < 4.78 is 32.9. The summed E-state index contributed by atoms with van der Waals surface area (Å²) in [5.41, 5.74) is 10.5. The van der Waals surface area contributed by atoms with Gasteiger partial charge in [-0.2, -0.15) is 8.42 Å². The monoisotopic (exact) mass is 717 g/mol. The van der Waals surface area contributed by atoms with Gasteiger partial charge in [0, 0.05) is 28.9 Å². The van der Waals surface area contributed by atoms with Crippen LogP contribution in [-0.4, -0.2) is 40.5 Å². The Kier molecular flexibility index (Phi) is 8.71. The molecule has 0 atom stereocenters. The highest BCUT2D eigenvalue weighted by molar-refractivity contribution is 7.86. The van der Waals surface area contributed by atoms with E-state index in [1.54, 1.807) is 24.3 Å². The Balaban J connectivity index is 0.924. The number of nitrogens with one attached hydrogen (secondary N) is 3. The van der Waals surface area contributed by atoms with E-state index in [4.69, 9.17) is 9.98 Å². The highest BCUT2D eigenvalue weighted by atomic mass is 32.2. The summed E-state index contributed by atoms with van der Waals surface area (Å²) in [7, 11) is -4.55. The minimum atomic E-state index is -4.55. The first kappa shape index (κ1) is 33.5. The molecule has 1 aromatic heterocycles. The zero-order valence-electron chi connectivity index (χ0n) is 28.1. The molecule has 6 aromatic carbocycles. The fraction of sp³-hybridized carbons (Fsp3) is 0.0476. The topological polar surface area (TPSA) is 154 Å². The van der Waals surface area contributed by atoms with Gasteiger partial charge in [0.05, 0.1) is 28.0 Å². The number of carbonyl (C=O) groups is 2. The van der Waals surface area contributed by atoms with Crippen molar-refractivity contribution in [2.75, 3.05) is 10.6 Å². The first-order valence-electron chi connectivity index (χ1n) is 16.8. The number of carbonyl (C=O) groups excluding carboxylic acids is 2. The number of aromatic nitrogens is 2. The normalized spacial score (nSPS) is 12.3. The van der Waals surface area contributed by atoms with E-state index in [1.165, 1.54) is 24.3 Å². The zero-order chi connectivity index (χ0) is 36.5. The molecule has 0 aliphatic carbocycles. The highest BCUT2D eigenvalue weighted by Gasteiger charge is 2.21. The summed E-state index contributed by atoms with van der Waals surface area (Å²) in [5.74, 6) is -0.0590. The molecule has 1 aliphatic heterocycles. The molecule has 1 aliphatic rings. The summed E-state index contributed by atoms with van der Waals surface area (Å²) in [6.45, 7) is 0. The molecule has 11 heteroatoms. The van der Waals surface area contributed by atoms with E-state index in [1.807, 2.05) is 60.7 Å². The van der Waals surface area contributed by atoms with Gasteiger partial charge in [-0.3, -0.25) is 19.1 Å². The van der Waals surface area contributed by atoms with Crippen LogP contribution in [0.1, 0.15) is 43.0 Å². The van der Waals surface area contributed by atoms with Crippen LogP contribution in [0.2, 0.25) is 0 Å². The number of aliphatic imine (C=N–C) groups is 1. The predicted molar refractivity (Wildman–Crippen MR) is 206 cm³/mol. The van der Waals surface area contributed by atoms with E-state index in [-0.39, 0.29) is 11.5 Å². The minimum Gasteiger partial charge on any atom is -0.338 e. The Hall–Kier alpha value is -6.69. The van der Waals surface area contributed by atoms with E-state index in [0.717, 1.165) is 56.1 Å². The second kappa shape index (κ2) is 13.8. The van der Waals surface area contributed by atoms with Crippen LogP contribution in [-0.2, 0) is 23.0 Å². The summed E-state index contributed by atoms with van der Waals surface area (Å²) in [6, 6.07) is 41.9. The molecular weight excluding hydrogens is 687 g/mol. The number of nitrogens with zero attached hydrogens (tertiary/aromatic N) is 2. The van der Waals surface area contributed by atoms with E-state index in [0.29, 0.717) is 29.8 Å². The first-order valence-corrected chi connectivity index (χ1v) is 18.2. The lowest BCUT2D eigenvalue weighted by Gasteiger charge is -2.09. The van der Waals surface area contributed by atoms with Gasteiger partial charge in [-0.15, -0.1) is 0 Å². The lowest BCUT2D eigenvalue weighted by atomic mass is 10.00. The third-order valence-electron chi connectivity index (χ3n) is 9.06. The van der Waals surface area contributed by atoms with Crippen molar-refractivity contribution in [3.63, 3.8) is 0 Å². The van der Waals surface area contributed by atoms with Crippen molar-refractivity contribution >= 4 is 55.7 Å². The molecule has 260 valence electrons. The quantitative estimate of drug-likeness (QED) is 0.110. The number of benzene rings is 6. The molecule has 0 saturated heterocycles. The van der Waals surface area contributed by atoms with Crippen LogP contribution >= 0.6 is 0 Å². The van der Waals surface area contributed by atoms with E-state index in [2.05, 4.69) is 45.9 Å². The summed E-state index contributed by atoms with van der Waals surface area (Å²) in [5, 5.41) is 5.62. The van der Waals surface area contributed by atoms with Crippen LogP contribution in [0.4, 0.5) is 17.1 Å². The maximum Gasteiger partial charge on any atom is 0.295 e. The number of rotatable bonds is 9. The summed E-state index contributed by atoms with van der Waals surface area (Å²) in [4.78, 5) is 38.0. The number of anilines is 2. The maximum atomic E-state index is 12.8. The summed E-state index contributed by atoms with van der Waals surface area (Å²) >= 11 is 0. The Morgan fingerprint density at radius 3 is 2.08 bits per heavy atom. The lowest BCUT2D eigenvalue weighted by molar-refractivity contribution is 0.101. The number of amides is 2. The van der Waals surface area contributed by atoms with Gasteiger partial charge in [-0.05, 0) is 108 Å². The minimum absolute atomic E-state index is 0.144. The van der Waals surface area contributed by atoms with Crippen molar-refractivity contribution in [1.82, 2.24) is 9.97 Å². The standard InChI is InChI=1S/C42H31N5O5S/c48-41(30-6-2-1-3-7-30)43-32-19-15-29(16-20-32)40-46-35-21-11-27(24-38(35)47-40)22-26-10-12-31-25-37(45-36(31)23-26)28-13-17-33(18-14-28)44-42(49)34-8-4-5-9-39(34)53(50,51)52/h1-21,23-24H,22,25H2,(H,43,48)(H,44,49)(H,46,47)(H,50,51,52). The van der Waals surface area contributed by atoms with Crippen LogP contribution < -0.4 is 10.6 Å². The van der Waals surface area contributed by atoms with Crippen LogP contribution in [0.3, 0.4) is 0 Å². The zero-order valence-corrected chi connectivity index (χ0v) is 28.9. The van der Waals surface area contributed by atoms with Gasteiger partial charge in [0.15, 0.2) is 0 Å². The largest absolute Gasteiger partial charge is 0.338 e. The van der Waals surface area contributed by atoms with E-state index >= 15 is 0 Å². The molecule has 2 heterocycles. The van der Waals surface area contributed by atoms with Crippen LogP contribution in [0, 0.1) is 0 Å². The number of fused-ring (bicyclic) bond motifs is 2. The fourth-order valence-electron chi connectivity index (χ4n) is 6.37. The van der Waals surface area contributed by atoms with Crippen molar-refractivity contribution in [3.8, 4) is 11.4 Å². The van der Waals surface area contributed by atoms with E-state index in [9.17, 15) is 22.6 Å². The Morgan fingerprint density at radius 1 is 0.698 bits per heavy atom. The van der Waals surface area contributed by atoms with Crippen molar-refractivity contribution in [3.05, 3.63) is 173 Å². The first-order chi connectivity index (χ1) is 25.7. The molecule has 8 rings (SSSR count). The second-order valence-electron chi connectivity index (χ2n) is 12.7. The Bertz CT molecular complexity index is 2670. The average Bonchev–Trinajstić information content (AvgIpc) is 3.80. The molecular formula is C42H31N5O5S. The highest BCUT2D eigenvalue weighted by Crippen LogP contribution is 2.32. The Morgan fingerprint density at radius 2 is 1.34 bits per heavy atom. The smallest absolute Gasteiger partial charge is 0.295 e. The molecule has 53 heavy (non-hydrogen) atoms. The molecule has 7 aromatic rings. The number of hydrogen-bond donors (Lipinski definition) is 4. The van der Waals surface area contributed by atoms with Gasteiger partial charge in [-0.25, -0.2) is 4.98 Å². The molecule has 4 N–H and O–H groups in total. The van der Waals surface area contributed by atoms with E-state index < -0.39 is 20.9 Å². The predicted octanol–water partition coefficient (Wildman–Crippen LogP) is 8.25. The van der Waals surface area contributed by atoms with Crippen LogP contribution in [0.25, 0.3) is 22.4 Å². The number of H-pyrrole nitrogens is 1. The van der Waals surface area contributed by atoms with Gasteiger partial charge < -0.3 is 15.6 Å². The van der Waals surface area contributed by atoms with Crippen molar-refractivity contribution in [1.29, 1.82) is 0 Å². The second-order valence-corrected chi connectivity index (χ2v) is 14.1. The van der Waals surface area contributed by atoms with Crippen molar-refractivity contribution in [2.45, 2.75) is 17.7 Å². The lowest BCUT2D eigenvalue weighted by Crippen LogP contribution is -2.16. The fourth-order valence-corrected chi connectivity index (χ4v) is 7.06. The van der Waals surface area contributed by atoms with Gasteiger partial charge >= 0.3 is 0 Å². The molecule has 2 amide bonds. The SMILES string of the molecule is O=C(Nc1ccc(-c2nc3ccc(Cc4ccc5c(c4)N=C(c4ccc(NC(=O)c6ccccc6S(=O)(=O)O)cc4)C5)cc3[nH]2)cc1)c1ccccc1. The Labute approximate surface area is 305 Å². The summed E-state index contributed by atoms with van der Waals surface area (Å²) in [6.07, 6.45) is 1.39. The number of imidazole rings is 1. The molecule has 0 unspecified atom stereocenters. The van der Waals surface area contributed by atoms with Crippen LogP contribution in [0.15, 0.2) is 149 Å². The molecule has 0 spiro atoms. The van der Waals surface area contributed by atoms with Gasteiger partial charge in [0.2, 0.25) is 0 Å². The van der Waals surface area contributed by atoms with Crippen LogP contribution in [0.5, 0.6) is 0 Å². The van der Waals surface area contributed by atoms with Crippen molar-refractivity contribution in [2.24, 2.45) is 4.99 Å². The number of hydrogen-bond acceptors (Lipinski definition) is 6.